The van der Waals surface area contributed by atoms with Crippen LogP contribution in [0.25, 0.3) is 0 Å². The van der Waals surface area contributed by atoms with Crippen LogP contribution in [-0.2, 0) is 0 Å². The molecule has 2 rings (SSSR count). The lowest BCUT2D eigenvalue weighted by Gasteiger charge is -2.08. The molecule has 1 aromatic carbocycles. The van der Waals surface area contributed by atoms with E-state index in [1.54, 1.807) is 0 Å². The number of carbonyl (C=O) groups is 1. The van der Waals surface area contributed by atoms with Crippen LogP contribution in [0.15, 0.2) is 30.5 Å². The van der Waals surface area contributed by atoms with Crippen molar-refractivity contribution in [1.29, 1.82) is 0 Å². The van der Waals surface area contributed by atoms with E-state index in [2.05, 4.69) is 10.3 Å². The molecule has 0 aliphatic carbocycles. The molecule has 3 N–H and O–H groups in total. The van der Waals surface area contributed by atoms with E-state index in [9.17, 15) is 13.6 Å². The summed E-state index contributed by atoms with van der Waals surface area (Å²) in [5, 5.41) is 2.37. The number of benzene rings is 1. The molecule has 1 amide bonds. The average molecular weight is 263 g/mol. The summed E-state index contributed by atoms with van der Waals surface area (Å²) >= 11 is 0. The number of aromatic nitrogens is 1. The second-order valence-corrected chi connectivity index (χ2v) is 4.02. The van der Waals surface area contributed by atoms with E-state index in [-0.39, 0.29) is 22.6 Å². The highest BCUT2D eigenvalue weighted by atomic mass is 19.1. The van der Waals surface area contributed by atoms with Crippen molar-refractivity contribution in [3.63, 3.8) is 0 Å². The molecule has 1 heterocycles. The van der Waals surface area contributed by atoms with E-state index in [0.717, 1.165) is 12.3 Å². The molecular weight excluding hydrogens is 252 g/mol. The Balaban J connectivity index is 2.27. The molecule has 0 fully saturated rings. The molecule has 2 aromatic rings. The molecule has 0 aliphatic heterocycles. The van der Waals surface area contributed by atoms with Crippen LogP contribution >= 0.6 is 0 Å². The maximum absolute atomic E-state index is 13.8. The minimum absolute atomic E-state index is 0.130. The first kappa shape index (κ1) is 12.9. The molecule has 0 unspecified atom stereocenters. The molecule has 0 saturated heterocycles. The van der Waals surface area contributed by atoms with Crippen molar-refractivity contribution < 1.29 is 13.6 Å². The number of nitrogens with one attached hydrogen (secondary N) is 1. The number of halogens is 2. The number of hydrogen-bond donors (Lipinski definition) is 2. The monoisotopic (exact) mass is 263 g/mol. The van der Waals surface area contributed by atoms with Gasteiger partial charge in [-0.1, -0.05) is 0 Å². The summed E-state index contributed by atoms with van der Waals surface area (Å²) in [6.07, 6.45) is 0.955. The number of nitrogen functional groups attached to an aromatic ring is 1. The van der Waals surface area contributed by atoms with Crippen molar-refractivity contribution in [1.82, 2.24) is 4.98 Å². The highest BCUT2D eigenvalue weighted by Crippen LogP contribution is 2.18. The smallest absolute Gasteiger partial charge is 0.259 e. The zero-order valence-electron chi connectivity index (χ0n) is 10.1. The third-order valence-electron chi connectivity index (χ3n) is 2.49. The molecular formula is C13H11F2N3O. The van der Waals surface area contributed by atoms with Crippen LogP contribution in [0.1, 0.15) is 15.9 Å². The fourth-order valence-electron chi connectivity index (χ4n) is 1.60. The van der Waals surface area contributed by atoms with Crippen LogP contribution in [0.4, 0.5) is 20.3 Å². The zero-order valence-corrected chi connectivity index (χ0v) is 10.1. The van der Waals surface area contributed by atoms with Crippen molar-refractivity contribution >= 4 is 17.4 Å². The Bertz CT molecular complexity index is 627. The summed E-state index contributed by atoms with van der Waals surface area (Å²) in [6, 6.07) is 5.09. The van der Waals surface area contributed by atoms with Gasteiger partial charge in [0.25, 0.3) is 5.91 Å². The predicted molar refractivity (Wildman–Crippen MR) is 67.7 cm³/mol. The Morgan fingerprint density at radius 3 is 2.68 bits per heavy atom. The lowest BCUT2D eigenvalue weighted by Crippen LogP contribution is -2.15. The van der Waals surface area contributed by atoms with Gasteiger partial charge in [0.1, 0.15) is 17.5 Å². The van der Waals surface area contributed by atoms with Crippen LogP contribution in [0.5, 0.6) is 0 Å². The van der Waals surface area contributed by atoms with Crippen molar-refractivity contribution in [2.75, 3.05) is 11.1 Å². The van der Waals surface area contributed by atoms with Gasteiger partial charge in [-0.3, -0.25) is 4.79 Å². The fourth-order valence-corrected chi connectivity index (χ4v) is 1.60. The van der Waals surface area contributed by atoms with Crippen molar-refractivity contribution in [3.05, 3.63) is 53.2 Å². The van der Waals surface area contributed by atoms with E-state index >= 15 is 0 Å². The summed E-state index contributed by atoms with van der Waals surface area (Å²) in [5.74, 6) is -1.73. The van der Waals surface area contributed by atoms with Gasteiger partial charge in [-0.25, -0.2) is 13.8 Å². The maximum atomic E-state index is 13.8. The van der Waals surface area contributed by atoms with Gasteiger partial charge < -0.3 is 11.1 Å². The Morgan fingerprint density at radius 2 is 2.05 bits per heavy atom. The average Bonchev–Trinajstić information content (AvgIpc) is 2.36. The third-order valence-corrected chi connectivity index (χ3v) is 2.49. The van der Waals surface area contributed by atoms with Crippen molar-refractivity contribution in [2.45, 2.75) is 6.92 Å². The number of hydrogen-bond acceptors (Lipinski definition) is 3. The standard InChI is InChI=1S/C13H11F2N3O/c1-7-4-9(16)5-10(12(7)15)13(19)18-11-3-2-8(14)6-17-11/h2-6H,16H2,1H3,(H,17,18,19). The van der Waals surface area contributed by atoms with Gasteiger partial charge in [0.2, 0.25) is 0 Å². The summed E-state index contributed by atoms with van der Waals surface area (Å²) in [4.78, 5) is 15.5. The Morgan fingerprint density at radius 1 is 1.32 bits per heavy atom. The Labute approximate surface area is 108 Å². The lowest BCUT2D eigenvalue weighted by atomic mass is 10.1. The van der Waals surface area contributed by atoms with Gasteiger partial charge >= 0.3 is 0 Å². The topological polar surface area (TPSA) is 68.0 Å². The highest BCUT2D eigenvalue weighted by Gasteiger charge is 2.15. The molecule has 0 aliphatic rings. The van der Waals surface area contributed by atoms with Crippen LogP contribution in [0, 0.1) is 18.6 Å². The van der Waals surface area contributed by atoms with Gasteiger partial charge in [0, 0.05) is 5.69 Å². The number of nitrogens with two attached hydrogens (primary N) is 1. The van der Waals surface area contributed by atoms with Gasteiger partial charge in [-0.05, 0) is 36.8 Å². The molecule has 0 bridgehead atoms. The summed E-state index contributed by atoms with van der Waals surface area (Å²) < 4.78 is 26.5. The van der Waals surface area contributed by atoms with E-state index in [1.165, 1.54) is 25.1 Å². The number of anilines is 2. The molecule has 19 heavy (non-hydrogen) atoms. The number of pyridine rings is 1. The van der Waals surface area contributed by atoms with E-state index in [1.807, 2.05) is 0 Å². The summed E-state index contributed by atoms with van der Waals surface area (Å²) in [5.41, 5.74) is 5.95. The molecule has 1 aromatic heterocycles. The largest absolute Gasteiger partial charge is 0.399 e. The zero-order chi connectivity index (χ0) is 14.0. The number of rotatable bonds is 2. The fraction of sp³-hybridized carbons (Fsp3) is 0.0769. The van der Waals surface area contributed by atoms with Crippen LogP contribution < -0.4 is 11.1 Å². The first-order chi connectivity index (χ1) is 8.97. The van der Waals surface area contributed by atoms with E-state index < -0.39 is 17.5 Å². The normalized spacial score (nSPS) is 10.3. The Hall–Kier alpha value is -2.50. The molecule has 4 nitrogen and oxygen atoms in total. The van der Waals surface area contributed by atoms with Crippen LogP contribution in [0.2, 0.25) is 0 Å². The first-order valence-corrected chi connectivity index (χ1v) is 5.46. The first-order valence-electron chi connectivity index (χ1n) is 5.46. The second-order valence-electron chi connectivity index (χ2n) is 4.02. The van der Waals surface area contributed by atoms with Crippen LogP contribution in [-0.4, -0.2) is 10.9 Å². The third kappa shape index (κ3) is 2.85. The molecule has 0 saturated carbocycles. The molecule has 6 heteroatoms. The lowest BCUT2D eigenvalue weighted by molar-refractivity contribution is 0.102. The van der Waals surface area contributed by atoms with Gasteiger partial charge in [-0.15, -0.1) is 0 Å². The van der Waals surface area contributed by atoms with Crippen LogP contribution in [0.3, 0.4) is 0 Å². The molecule has 0 spiro atoms. The summed E-state index contributed by atoms with van der Waals surface area (Å²) in [6.45, 7) is 1.51. The Kier molecular flexibility index (Phi) is 3.41. The quantitative estimate of drug-likeness (QED) is 0.818. The van der Waals surface area contributed by atoms with Crippen molar-refractivity contribution in [3.8, 4) is 0 Å². The molecule has 0 atom stereocenters. The SMILES string of the molecule is Cc1cc(N)cc(C(=O)Nc2ccc(F)cn2)c1F. The molecule has 98 valence electrons. The van der Waals surface area contributed by atoms with Crippen molar-refractivity contribution in [2.24, 2.45) is 0 Å². The minimum Gasteiger partial charge on any atom is -0.399 e. The number of aryl methyl sites for hydroxylation is 1. The number of carbonyl (C=O) groups excluding carboxylic acids is 1. The van der Waals surface area contributed by atoms with Gasteiger partial charge in [0.15, 0.2) is 0 Å². The van der Waals surface area contributed by atoms with E-state index in [0.29, 0.717) is 0 Å². The maximum Gasteiger partial charge on any atom is 0.259 e. The summed E-state index contributed by atoms with van der Waals surface area (Å²) in [7, 11) is 0. The van der Waals surface area contributed by atoms with E-state index in [4.69, 9.17) is 5.73 Å². The number of amides is 1. The number of nitrogens with zero attached hydrogens (tertiary/aromatic N) is 1. The van der Waals surface area contributed by atoms with Gasteiger partial charge in [-0.2, -0.15) is 0 Å². The highest BCUT2D eigenvalue weighted by molar-refractivity contribution is 6.04. The second kappa shape index (κ2) is 5.01. The predicted octanol–water partition coefficient (Wildman–Crippen LogP) is 2.50. The minimum atomic E-state index is -0.688. The van der Waals surface area contributed by atoms with Gasteiger partial charge in [0.05, 0.1) is 11.8 Å². The molecule has 0 radical (unpaired) electrons.